The van der Waals surface area contributed by atoms with Crippen LogP contribution in [0.4, 0.5) is 10.5 Å². The number of nitrogens with zero attached hydrogens (tertiary/aromatic N) is 2. The lowest BCUT2D eigenvalue weighted by atomic mass is 9.80. The molecule has 3 rings (SSSR count). The number of carbonyl (C=O) groups is 2. The van der Waals surface area contributed by atoms with Gasteiger partial charge in [0.25, 0.3) is 0 Å². The van der Waals surface area contributed by atoms with E-state index in [9.17, 15) is 14.7 Å². The summed E-state index contributed by atoms with van der Waals surface area (Å²) in [5.41, 5.74) is 1.17. The van der Waals surface area contributed by atoms with Crippen LogP contribution in [0.1, 0.15) is 45.2 Å². The van der Waals surface area contributed by atoms with Crippen molar-refractivity contribution in [2.45, 2.75) is 45.1 Å². The minimum Gasteiger partial charge on any atom is -0.465 e. The Hall–Kier alpha value is -2.57. The second-order valence-electron chi connectivity index (χ2n) is 6.20. The number of likely N-dealkylation sites (tertiary alicyclic amines) is 1. The SMILES string of the molecule is CCC1(c2noc3cc(NC(C)=O)ccc23)CCCCN1C(=O)O. The van der Waals surface area contributed by atoms with E-state index in [4.69, 9.17) is 4.52 Å². The van der Waals surface area contributed by atoms with Gasteiger partial charge in [0.05, 0.1) is 5.54 Å². The van der Waals surface area contributed by atoms with E-state index in [1.807, 2.05) is 13.0 Å². The van der Waals surface area contributed by atoms with Crippen LogP contribution in [0.5, 0.6) is 0 Å². The van der Waals surface area contributed by atoms with E-state index in [0.717, 1.165) is 24.6 Å². The van der Waals surface area contributed by atoms with Gasteiger partial charge >= 0.3 is 6.09 Å². The summed E-state index contributed by atoms with van der Waals surface area (Å²) in [5.74, 6) is -0.163. The standard InChI is InChI=1S/C17H21N3O4/c1-3-17(8-4-5-9-20(17)16(22)23)15-13-7-6-12(18-11(2)21)10-14(13)24-19-15/h6-7,10H,3-5,8-9H2,1-2H3,(H,18,21)(H,22,23). The third-order valence-corrected chi connectivity index (χ3v) is 4.79. The normalized spacial score (nSPS) is 21.0. The number of carbonyl (C=O) groups excluding carboxylic acids is 1. The van der Waals surface area contributed by atoms with Gasteiger partial charge in [-0.2, -0.15) is 0 Å². The van der Waals surface area contributed by atoms with Gasteiger partial charge in [0.1, 0.15) is 5.69 Å². The smallest absolute Gasteiger partial charge is 0.408 e. The summed E-state index contributed by atoms with van der Waals surface area (Å²) < 4.78 is 5.46. The molecule has 7 nitrogen and oxygen atoms in total. The number of carboxylic acid groups (broad SMARTS) is 1. The number of piperidine rings is 1. The molecule has 0 radical (unpaired) electrons. The molecule has 24 heavy (non-hydrogen) atoms. The first-order valence-corrected chi connectivity index (χ1v) is 8.16. The van der Waals surface area contributed by atoms with Crippen LogP contribution in [0, 0.1) is 0 Å². The van der Waals surface area contributed by atoms with Crippen LogP contribution in [0.15, 0.2) is 22.7 Å². The highest BCUT2D eigenvalue weighted by Gasteiger charge is 2.45. The number of benzene rings is 1. The molecular formula is C17H21N3O4. The van der Waals surface area contributed by atoms with Gasteiger partial charge in [-0.3, -0.25) is 9.69 Å². The Kier molecular flexibility index (Phi) is 4.17. The molecule has 2 heterocycles. The minimum atomic E-state index is -0.928. The first kappa shape index (κ1) is 16.3. The molecule has 1 aromatic carbocycles. The number of hydrogen-bond acceptors (Lipinski definition) is 4. The second-order valence-corrected chi connectivity index (χ2v) is 6.20. The van der Waals surface area contributed by atoms with E-state index in [1.165, 1.54) is 11.8 Å². The third kappa shape index (κ3) is 2.60. The fraction of sp³-hybridized carbons (Fsp3) is 0.471. The van der Waals surface area contributed by atoms with Gasteiger partial charge < -0.3 is 14.9 Å². The Labute approximate surface area is 139 Å². The van der Waals surface area contributed by atoms with Gasteiger partial charge in [0.15, 0.2) is 5.58 Å². The zero-order chi connectivity index (χ0) is 17.3. The summed E-state index contributed by atoms with van der Waals surface area (Å²) in [6, 6.07) is 5.32. The fourth-order valence-electron chi connectivity index (χ4n) is 3.65. The summed E-state index contributed by atoms with van der Waals surface area (Å²) in [7, 11) is 0. The highest BCUT2D eigenvalue weighted by Crippen LogP contribution is 2.43. The van der Waals surface area contributed by atoms with E-state index < -0.39 is 11.6 Å². The number of hydrogen-bond donors (Lipinski definition) is 2. The Morgan fingerprint density at radius 2 is 2.21 bits per heavy atom. The van der Waals surface area contributed by atoms with Crippen molar-refractivity contribution in [2.75, 3.05) is 11.9 Å². The number of aromatic nitrogens is 1. The van der Waals surface area contributed by atoms with Crippen molar-refractivity contribution in [2.24, 2.45) is 0 Å². The molecule has 0 aliphatic carbocycles. The maximum atomic E-state index is 11.8. The molecule has 1 saturated heterocycles. The predicted molar refractivity (Wildman–Crippen MR) is 88.9 cm³/mol. The topological polar surface area (TPSA) is 95.7 Å². The predicted octanol–water partition coefficient (Wildman–Crippen LogP) is 3.56. The average Bonchev–Trinajstić information content (AvgIpc) is 2.97. The summed E-state index contributed by atoms with van der Waals surface area (Å²) >= 11 is 0. The Balaban J connectivity index is 2.09. The molecule has 2 amide bonds. The van der Waals surface area contributed by atoms with Crippen LogP contribution in [0.25, 0.3) is 11.0 Å². The molecule has 1 aromatic heterocycles. The fourth-order valence-corrected chi connectivity index (χ4v) is 3.65. The van der Waals surface area contributed by atoms with Crippen molar-refractivity contribution >= 4 is 28.7 Å². The van der Waals surface area contributed by atoms with Crippen molar-refractivity contribution in [3.05, 3.63) is 23.9 Å². The van der Waals surface area contributed by atoms with Crippen LogP contribution >= 0.6 is 0 Å². The van der Waals surface area contributed by atoms with Crippen LogP contribution in [0.2, 0.25) is 0 Å². The molecule has 1 unspecified atom stereocenters. The summed E-state index contributed by atoms with van der Waals surface area (Å²) in [4.78, 5) is 24.4. The number of rotatable bonds is 3. The maximum absolute atomic E-state index is 11.8. The van der Waals surface area contributed by atoms with Gasteiger partial charge in [0, 0.05) is 30.6 Å². The zero-order valence-corrected chi connectivity index (χ0v) is 13.8. The summed E-state index contributed by atoms with van der Waals surface area (Å²) in [6.45, 7) is 3.92. The van der Waals surface area contributed by atoms with Crippen LogP contribution in [0.3, 0.4) is 0 Å². The highest BCUT2D eigenvalue weighted by atomic mass is 16.5. The van der Waals surface area contributed by atoms with E-state index in [2.05, 4.69) is 10.5 Å². The van der Waals surface area contributed by atoms with E-state index in [0.29, 0.717) is 29.9 Å². The lowest BCUT2D eigenvalue weighted by Crippen LogP contribution is -2.51. The number of amides is 2. The van der Waals surface area contributed by atoms with E-state index in [-0.39, 0.29) is 5.91 Å². The molecule has 1 aliphatic rings. The first-order chi connectivity index (χ1) is 11.5. The molecule has 0 bridgehead atoms. The molecule has 0 saturated carbocycles. The Morgan fingerprint density at radius 1 is 1.42 bits per heavy atom. The highest BCUT2D eigenvalue weighted by molar-refractivity contribution is 5.92. The van der Waals surface area contributed by atoms with Crippen LogP contribution in [-0.4, -0.2) is 33.7 Å². The second kappa shape index (κ2) is 6.14. The molecule has 0 spiro atoms. The van der Waals surface area contributed by atoms with E-state index >= 15 is 0 Å². The molecular weight excluding hydrogens is 310 g/mol. The Morgan fingerprint density at radius 3 is 2.88 bits per heavy atom. The summed E-state index contributed by atoms with van der Waals surface area (Å²) in [5, 5.41) is 17.4. The molecule has 1 atom stereocenters. The van der Waals surface area contributed by atoms with E-state index in [1.54, 1.807) is 12.1 Å². The van der Waals surface area contributed by atoms with Gasteiger partial charge in [-0.25, -0.2) is 4.79 Å². The minimum absolute atomic E-state index is 0.163. The molecule has 7 heteroatoms. The van der Waals surface area contributed by atoms with Gasteiger partial charge in [-0.15, -0.1) is 0 Å². The van der Waals surface area contributed by atoms with Crippen molar-refractivity contribution in [1.29, 1.82) is 0 Å². The van der Waals surface area contributed by atoms with Gasteiger partial charge in [-0.05, 0) is 37.8 Å². The zero-order valence-electron chi connectivity index (χ0n) is 13.8. The van der Waals surface area contributed by atoms with Crippen molar-refractivity contribution in [1.82, 2.24) is 10.1 Å². The largest absolute Gasteiger partial charge is 0.465 e. The van der Waals surface area contributed by atoms with Gasteiger partial charge in [-0.1, -0.05) is 12.1 Å². The number of fused-ring (bicyclic) bond motifs is 1. The van der Waals surface area contributed by atoms with Crippen molar-refractivity contribution < 1.29 is 19.2 Å². The van der Waals surface area contributed by atoms with Crippen molar-refractivity contribution in [3.8, 4) is 0 Å². The van der Waals surface area contributed by atoms with Crippen LogP contribution < -0.4 is 5.32 Å². The average molecular weight is 331 g/mol. The first-order valence-electron chi connectivity index (χ1n) is 8.16. The molecule has 2 aromatic rings. The monoisotopic (exact) mass is 331 g/mol. The quantitative estimate of drug-likeness (QED) is 0.896. The van der Waals surface area contributed by atoms with Crippen molar-refractivity contribution in [3.63, 3.8) is 0 Å². The molecule has 1 fully saturated rings. The lowest BCUT2D eigenvalue weighted by molar-refractivity contribution is -0.114. The van der Waals surface area contributed by atoms with Crippen LogP contribution in [-0.2, 0) is 10.3 Å². The number of anilines is 1. The molecule has 128 valence electrons. The molecule has 1 aliphatic heterocycles. The third-order valence-electron chi connectivity index (χ3n) is 4.79. The Bertz CT molecular complexity index is 785. The molecule has 2 N–H and O–H groups in total. The number of nitrogens with one attached hydrogen (secondary N) is 1. The van der Waals surface area contributed by atoms with Gasteiger partial charge in [0.2, 0.25) is 5.91 Å². The maximum Gasteiger partial charge on any atom is 0.408 e. The lowest BCUT2D eigenvalue weighted by Gasteiger charge is -2.44. The summed E-state index contributed by atoms with van der Waals surface area (Å²) in [6.07, 6.45) is 2.24.